The molecule has 166 valence electrons. The van der Waals surface area contributed by atoms with Gasteiger partial charge in [-0.2, -0.15) is 4.31 Å². The van der Waals surface area contributed by atoms with E-state index in [1.54, 1.807) is 6.07 Å². The van der Waals surface area contributed by atoms with Crippen molar-refractivity contribution in [1.82, 2.24) is 4.31 Å². The van der Waals surface area contributed by atoms with Crippen LogP contribution in [0.2, 0.25) is 0 Å². The Morgan fingerprint density at radius 3 is 2.48 bits per heavy atom. The van der Waals surface area contributed by atoms with Crippen molar-refractivity contribution in [1.29, 1.82) is 0 Å². The summed E-state index contributed by atoms with van der Waals surface area (Å²) < 4.78 is 58.7. The van der Waals surface area contributed by atoms with Crippen LogP contribution in [0.5, 0.6) is 0 Å². The van der Waals surface area contributed by atoms with Gasteiger partial charge in [-0.1, -0.05) is 12.1 Å². The highest BCUT2D eigenvalue weighted by molar-refractivity contribution is 7.89. The maximum absolute atomic E-state index is 13.7. The van der Waals surface area contributed by atoms with Crippen molar-refractivity contribution in [3.05, 3.63) is 60.2 Å². The summed E-state index contributed by atoms with van der Waals surface area (Å²) in [5.41, 5.74) is -0.0374. The van der Waals surface area contributed by atoms with Crippen molar-refractivity contribution in [2.24, 2.45) is 5.92 Å². The molecular formula is C21H22F2N2O5S. The molecule has 0 saturated carbocycles. The van der Waals surface area contributed by atoms with Crippen LogP contribution in [0.15, 0.2) is 53.4 Å². The molecule has 2 aromatic rings. The maximum atomic E-state index is 13.7. The molecule has 2 atom stereocenters. The van der Waals surface area contributed by atoms with E-state index in [4.69, 9.17) is 4.74 Å². The van der Waals surface area contributed by atoms with Gasteiger partial charge >= 0.3 is 5.97 Å². The van der Waals surface area contributed by atoms with E-state index in [9.17, 15) is 26.8 Å². The second kappa shape index (κ2) is 9.52. The molecule has 1 heterocycles. The normalized spacial score (nSPS) is 18.2. The van der Waals surface area contributed by atoms with Crippen LogP contribution in [-0.2, 0) is 24.3 Å². The van der Waals surface area contributed by atoms with Crippen LogP contribution in [-0.4, -0.2) is 43.8 Å². The van der Waals surface area contributed by atoms with Crippen molar-refractivity contribution in [3.63, 3.8) is 0 Å². The molecule has 0 aliphatic carbocycles. The van der Waals surface area contributed by atoms with Gasteiger partial charge < -0.3 is 10.1 Å². The van der Waals surface area contributed by atoms with E-state index in [2.05, 4.69) is 5.32 Å². The van der Waals surface area contributed by atoms with Crippen LogP contribution >= 0.6 is 0 Å². The van der Waals surface area contributed by atoms with Crippen molar-refractivity contribution in [2.75, 3.05) is 18.4 Å². The number of anilines is 1. The zero-order valence-electron chi connectivity index (χ0n) is 16.8. The number of halogens is 2. The van der Waals surface area contributed by atoms with E-state index in [0.29, 0.717) is 12.8 Å². The molecule has 7 nitrogen and oxygen atoms in total. The number of hydrogen-bond donors (Lipinski definition) is 1. The summed E-state index contributed by atoms with van der Waals surface area (Å²) in [7, 11) is -3.90. The minimum absolute atomic E-state index is 0.0374. The monoisotopic (exact) mass is 452 g/mol. The number of rotatable bonds is 6. The molecule has 3 rings (SSSR count). The second-order valence-corrected chi connectivity index (χ2v) is 9.14. The van der Waals surface area contributed by atoms with E-state index in [-0.39, 0.29) is 23.7 Å². The van der Waals surface area contributed by atoms with Crippen molar-refractivity contribution < 1.29 is 31.5 Å². The Bertz CT molecular complexity index is 1060. The predicted octanol–water partition coefficient (Wildman–Crippen LogP) is 2.94. The molecule has 31 heavy (non-hydrogen) atoms. The van der Waals surface area contributed by atoms with Crippen molar-refractivity contribution >= 4 is 27.6 Å². The lowest BCUT2D eigenvalue weighted by Gasteiger charge is -2.31. The first kappa shape index (κ1) is 22.8. The number of ether oxygens (including phenoxy) is 1. The summed E-state index contributed by atoms with van der Waals surface area (Å²) in [6, 6.07) is 10.0. The molecule has 2 aromatic carbocycles. The molecule has 1 fully saturated rings. The molecule has 2 unspecified atom stereocenters. The Balaban J connectivity index is 1.62. The van der Waals surface area contributed by atoms with Gasteiger partial charge in [0.05, 0.1) is 16.5 Å². The predicted molar refractivity (Wildman–Crippen MR) is 108 cm³/mol. The third kappa shape index (κ3) is 5.45. The lowest BCUT2D eigenvalue weighted by Crippen LogP contribution is -2.44. The molecule has 1 saturated heterocycles. The van der Waals surface area contributed by atoms with Gasteiger partial charge in [0.1, 0.15) is 11.6 Å². The Kier molecular flexibility index (Phi) is 7.01. The first-order valence-corrected chi connectivity index (χ1v) is 11.1. The third-order valence-electron chi connectivity index (χ3n) is 4.96. The smallest absolute Gasteiger partial charge is 0.311 e. The molecule has 0 spiro atoms. The van der Waals surface area contributed by atoms with Gasteiger partial charge in [0.25, 0.3) is 5.91 Å². The van der Waals surface area contributed by atoms with Crippen LogP contribution in [0.4, 0.5) is 14.5 Å². The van der Waals surface area contributed by atoms with Crippen LogP contribution in [0.25, 0.3) is 0 Å². The highest BCUT2D eigenvalue weighted by atomic mass is 32.2. The van der Waals surface area contributed by atoms with Gasteiger partial charge in [-0.3, -0.25) is 9.59 Å². The standard InChI is InChI=1S/C21H22F2N2O5S/c1-14(20(26)24-19-7-3-2-6-18(19)23)30-21(27)15-5-4-12-25(13-15)31(28,29)17-10-8-16(22)9-11-17/h2-3,6-11,14-15H,4-5,12-13H2,1H3,(H,24,26). The van der Waals surface area contributed by atoms with E-state index >= 15 is 0 Å². The minimum Gasteiger partial charge on any atom is -0.452 e. The summed E-state index contributed by atoms with van der Waals surface area (Å²) in [6.07, 6.45) is -0.373. The zero-order valence-corrected chi connectivity index (χ0v) is 17.6. The molecular weight excluding hydrogens is 430 g/mol. The molecule has 0 aromatic heterocycles. The largest absolute Gasteiger partial charge is 0.452 e. The fraction of sp³-hybridized carbons (Fsp3) is 0.333. The number of nitrogens with one attached hydrogen (secondary N) is 1. The quantitative estimate of drug-likeness (QED) is 0.681. The van der Waals surface area contributed by atoms with Crippen LogP contribution in [0.3, 0.4) is 0 Å². The molecule has 0 radical (unpaired) electrons. The topological polar surface area (TPSA) is 92.8 Å². The maximum Gasteiger partial charge on any atom is 0.311 e. The number of para-hydroxylation sites is 1. The lowest BCUT2D eigenvalue weighted by molar-refractivity contribution is -0.158. The highest BCUT2D eigenvalue weighted by Gasteiger charge is 2.35. The average molecular weight is 452 g/mol. The van der Waals surface area contributed by atoms with Crippen molar-refractivity contribution in [2.45, 2.75) is 30.8 Å². The number of amides is 1. The molecule has 1 amide bonds. The summed E-state index contributed by atoms with van der Waals surface area (Å²) in [6.45, 7) is 1.46. The SMILES string of the molecule is CC(OC(=O)C1CCCN(S(=O)(=O)c2ccc(F)cc2)C1)C(=O)Nc1ccccc1F. The van der Waals surface area contributed by atoms with E-state index in [0.717, 1.165) is 16.4 Å². The van der Waals surface area contributed by atoms with Crippen LogP contribution in [0.1, 0.15) is 19.8 Å². The fourth-order valence-corrected chi connectivity index (χ4v) is 4.75. The number of benzene rings is 2. The first-order chi connectivity index (χ1) is 14.7. The summed E-state index contributed by atoms with van der Waals surface area (Å²) in [5.74, 6) is -3.35. The van der Waals surface area contributed by atoms with Gasteiger partial charge in [-0.25, -0.2) is 17.2 Å². The summed E-state index contributed by atoms with van der Waals surface area (Å²) in [4.78, 5) is 24.7. The van der Waals surface area contributed by atoms with E-state index in [1.807, 2.05) is 0 Å². The number of carbonyl (C=O) groups is 2. The van der Waals surface area contributed by atoms with Crippen molar-refractivity contribution in [3.8, 4) is 0 Å². The molecule has 10 heteroatoms. The Morgan fingerprint density at radius 1 is 1.13 bits per heavy atom. The zero-order chi connectivity index (χ0) is 22.6. The lowest BCUT2D eigenvalue weighted by atomic mass is 10.00. The first-order valence-electron chi connectivity index (χ1n) is 9.70. The van der Waals surface area contributed by atoms with Crippen LogP contribution in [0, 0.1) is 17.6 Å². The Hall–Kier alpha value is -2.85. The minimum atomic E-state index is -3.90. The van der Waals surface area contributed by atoms with E-state index in [1.165, 1.54) is 37.3 Å². The van der Waals surface area contributed by atoms with Gasteiger partial charge in [0.15, 0.2) is 6.10 Å². The Labute approximate surface area is 179 Å². The molecule has 1 aliphatic rings. The average Bonchev–Trinajstić information content (AvgIpc) is 2.75. The molecule has 1 aliphatic heterocycles. The molecule has 0 bridgehead atoms. The highest BCUT2D eigenvalue weighted by Crippen LogP contribution is 2.25. The number of hydrogen-bond acceptors (Lipinski definition) is 5. The third-order valence-corrected chi connectivity index (χ3v) is 6.84. The van der Waals surface area contributed by atoms with Gasteiger partial charge in [-0.05, 0) is 56.2 Å². The number of esters is 1. The number of carbonyl (C=O) groups excluding carboxylic acids is 2. The van der Waals surface area contributed by atoms with Crippen LogP contribution < -0.4 is 5.32 Å². The Morgan fingerprint density at radius 2 is 1.81 bits per heavy atom. The number of nitrogens with zero attached hydrogens (tertiary/aromatic N) is 1. The van der Waals surface area contributed by atoms with Gasteiger partial charge in [0, 0.05) is 13.1 Å². The van der Waals surface area contributed by atoms with Gasteiger partial charge in [0.2, 0.25) is 10.0 Å². The van der Waals surface area contributed by atoms with E-state index < -0.39 is 45.6 Å². The summed E-state index contributed by atoms with van der Waals surface area (Å²) in [5, 5.41) is 2.35. The summed E-state index contributed by atoms with van der Waals surface area (Å²) >= 11 is 0. The number of piperidine rings is 1. The second-order valence-electron chi connectivity index (χ2n) is 7.20. The van der Waals surface area contributed by atoms with Gasteiger partial charge in [-0.15, -0.1) is 0 Å². The fourth-order valence-electron chi connectivity index (χ4n) is 3.23. The molecule has 1 N–H and O–H groups in total. The number of sulfonamides is 1.